The van der Waals surface area contributed by atoms with Gasteiger partial charge in [-0.3, -0.25) is 4.79 Å². The minimum Gasteiger partial charge on any atom is -0.463 e. The smallest absolute Gasteiger partial charge is 0.196 e. The van der Waals surface area contributed by atoms with Gasteiger partial charge in [-0.15, -0.1) is 22.7 Å². The van der Waals surface area contributed by atoms with Crippen molar-refractivity contribution in [2.45, 2.75) is 6.92 Å². The number of thiophene rings is 2. The molecule has 100 valence electrons. The fraction of sp³-hybridized carbons (Fsp3) is 0.0625. The van der Waals surface area contributed by atoms with Crippen molar-refractivity contribution in [2.24, 2.45) is 0 Å². The first-order chi connectivity index (χ1) is 9.74. The van der Waals surface area contributed by atoms with Gasteiger partial charge in [0, 0.05) is 5.56 Å². The van der Waals surface area contributed by atoms with Crippen molar-refractivity contribution in [1.29, 1.82) is 0 Å². The fourth-order valence-electron chi connectivity index (χ4n) is 1.86. The van der Waals surface area contributed by atoms with Gasteiger partial charge in [-0.2, -0.15) is 0 Å². The van der Waals surface area contributed by atoms with Crippen LogP contribution < -0.4 is 0 Å². The molecule has 3 aromatic rings. The van der Waals surface area contributed by atoms with E-state index in [-0.39, 0.29) is 5.78 Å². The minimum atomic E-state index is 0.0383. The number of allylic oxidation sites excluding steroid dienone is 2. The highest BCUT2D eigenvalue weighted by Gasteiger charge is 2.09. The Kier molecular flexibility index (Phi) is 3.67. The summed E-state index contributed by atoms with van der Waals surface area (Å²) < 4.78 is 5.56. The average molecular weight is 300 g/mol. The Morgan fingerprint density at radius 2 is 2.00 bits per heavy atom. The number of hydrogen-bond acceptors (Lipinski definition) is 4. The maximum absolute atomic E-state index is 12.0. The summed E-state index contributed by atoms with van der Waals surface area (Å²) in [5.74, 6) is 0.877. The molecule has 0 atom stereocenters. The Morgan fingerprint density at radius 1 is 1.20 bits per heavy atom. The predicted molar refractivity (Wildman–Crippen MR) is 84.3 cm³/mol. The quantitative estimate of drug-likeness (QED) is 0.480. The second-order valence-corrected chi connectivity index (χ2v) is 6.24. The Labute approximate surface area is 125 Å². The summed E-state index contributed by atoms with van der Waals surface area (Å²) in [6.45, 7) is 1.93. The lowest BCUT2D eigenvalue weighted by molar-refractivity contribution is 0.105. The summed E-state index contributed by atoms with van der Waals surface area (Å²) in [6.07, 6.45) is 3.36. The van der Waals surface area contributed by atoms with E-state index in [1.165, 1.54) is 11.3 Å². The van der Waals surface area contributed by atoms with E-state index in [1.54, 1.807) is 23.7 Å². The molecule has 0 unspecified atom stereocenters. The normalized spacial score (nSPS) is 11.8. The van der Waals surface area contributed by atoms with E-state index >= 15 is 0 Å². The van der Waals surface area contributed by atoms with Crippen molar-refractivity contribution in [3.63, 3.8) is 0 Å². The van der Waals surface area contributed by atoms with E-state index < -0.39 is 0 Å². The molecule has 0 aliphatic carbocycles. The zero-order valence-electron chi connectivity index (χ0n) is 10.8. The first-order valence-electron chi connectivity index (χ1n) is 6.13. The molecule has 3 heterocycles. The molecule has 0 aromatic carbocycles. The van der Waals surface area contributed by atoms with Gasteiger partial charge in [0.2, 0.25) is 0 Å². The molecule has 0 aliphatic heterocycles. The third-order valence-corrected chi connectivity index (χ3v) is 4.70. The number of furan rings is 1. The Hall–Kier alpha value is -1.91. The van der Waals surface area contributed by atoms with Gasteiger partial charge in [0.15, 0.2) is 5.78 Å². The monoisotopic (exact) mass is 300 g/mol. The van der Waals surface area contributed by atoms with E-state index in [1.807, 2.05) is 48.0 Å². The molecule has 3 rings (SSSR count). The second kappa shape index (κ2) is 5.61. The molecule has 0 bridgehead atoms. The van der Waals surface area contributed by atoms with Crippen LogP contribution in [0.15, 0.2) is 57.8 Å². The van der Waals surface area contributed by atoms with Crippen LogP contribution in [0.3, 0.4) is 0 Å². The first kappa shape index (κ1) is 13.1. The maximum Gasteiger partial charge on any atom is 0.196 e. The Morgan fingerprint density at radius 3 is 2.70 bits per heavy atom. The molecule has 0 fully saturated rings. The van der Waals surface area contributed by atoms with Gasteiger partial charge < -0.3 is 4.42 Å². The van der Waals surface area contributed by atoms with Crippen LogP contribution in [0, 0.1) is 0 Å². The molecule has 0 saturated heterocycles. The van der Waals surface area contributed by atoms with Crippen molar-refractivity contribution in [1.82, 2.24) is 0 Å². The van der Waals surface area contributed by atoms with Gasteiger partial charge in [0.25, 0.3) is 0 Å². The number of rotatable bonds is 4. The number of ketones is 1. The number of carbonyl (C=O) groups is 1. The summed E-state index contributed by atoms with van der Waals surface area (Å²) in [5.41, 5.74) is 1.85. The topological polar surface area (TPSA) is 30.2 Å². The van der Waals surface area contributed by atoms with Crippen LogP contribution in [-0.4, -0.2) is 5.78 Å². The van der Waals surface area contributed by atoms with Gasteiger partial charge >= 0.3 is 0 Å². The van der Waals surface area contributed by atoms with Crippen molar-refractivity contribution in [2.75, 3.05) is 0 Å². The van der Waals surface area contributed by atoms with Crippen LogP contribution in [0.25, 0.3) is 16.2 Å². The summed E-state index contributed by atoms with van der Waals surface area (Å²) >= 11 is 3.09. The SMILES string of the molecule is C/C(=C\C(=O)c1cccs1)c1coc(-c2cccs2)c1. The lowest BCUT2D eigenvalue weighted by Crippen LogP contribution is -1.91. The molecule has 0 aliphatic rings. The highest BCUT2D eigenvalue weighted by atomic mass is 32.1. The van der Waals surface area contributed by atoms with Crippen LogP contribution >= 0.6 is 22.7 Å². The third-order valence-electron chi connectivity index (χ3n) is 2.93. The van der Waals surface area contributed by atoms with Gasteiger partial charge in [-0.1, -0.05) is 12.1 Å². The predicted octanol–water partition coefficient (Wildman–Crippen LogP) is 5.36. The van der Waals surface area contributed by atoms with Crippen LogP contribution in [0.2, 0.25) is 0 Å². The van der Waals surface area contributed by atoms with Crippen molar-refractivity contribution >= 4 is 34.0 Å². The van der Waals surface area contributed by atoms with E-state index in [0.29, 0.717) is 0 Å². The van der Waals surface area contributed by atoms with Gasteiger partial charge in [-0.05, 0) is 47.5 Å². The highest BCUT2D eigenvalue weighted by molar-refractivity contribution is 7.13. The Balaban J connectivity index is 1.84. The lowest BCUT2D eigenvalue weighted by Gasteiger charge is -1.95. The van der Waals surface area contributed by atoms with Crippen LogP contribution in [-0.2, 0) is 0 Å². The Bertz CT molecular complexity index is 731. The summed E-state index contributed by atoms with van der Waals surface area (Å²) in [7, 11) is 0. The number of carbonyl (C=O) groups excluding carboxylic acids is 1. The van der Waals surface area contributed by atoms with Crippen molar-refractivity contribution in [3.05, 3.63) is 63.9 Å². The van der Waals surface area contributed by atoms with Gasteiger partial charge in [0.05, 0.1) is 16.0 Å². The molecule has 0 saturated carbocycles. The van der Waals surface area contributed by atoms with Crippen molar-refractivity contribution in [3.8, 4) is 10.6 Å². The molecule has 20 heavy (non-hydrogen) atoms. The van der Waals surface area contributed by atoms with Crippen molar-refractivity contribution < 1.29 is 9.21 Å². The van der Waals surface area contributed by atoms with Crippen LogP contribution in [0.4, 0.5) is 0 Å². The average Bonchev–Trinajstić information content (AvgIpc) is 3.19. The molecular weight excluding hydrogens is 288 g/mol. The zero-order valence-corrected chi connectivity index (χ0v) is 12.5. The van der Waals surface area contributed by atoms with E-state index in [2.05, 4.69) is 0 Å². The largest absolute Gasteiger partial charge is 0.463 e. The molecule has 0 radical (unpaired) electrons. The second-order valence-electron chi connectivity index (χ2n) is 4.35. The van der Waals surface area contributed by atoms with Gasteiger partial charge in [0.1, 0.15) is 5.76 Å². The maximum atomic E-state index is 12.0. The van der Waals surface area contributed by atoms with Crippen LogP contribution in [0.1, 0.15) is 22.2 Å². The highest BCUT2D eigenvalue weighted by Crippen LogP contribution is 2.29. The minimum absolute atomic E-state index is 0.0383. The standard InChI is InChI=1S/C16H12O2S2/c1-11(8-13(17)15-4-2-6-19-15)12-9-14(18-10-12)16-5-3-7-20-16/h2-10H,1H3/b11-8+. The molecule has 4 heteroatoms. The third kappa shape index (κ3) is 2.66. The summed E-state index contributed by atoms with van der Waals surface area (Å²) in [4.78, 5) is 13.9. The molecular formula is C16H12O2S2. The summed E-state index contributed by atoms with van der Waals surface area (Å²) in [6, 6.07) is 9.70. The lowest BCUT2D eigenvalue weighted by atomic mass is 10.1. The molecule has 0 amide bonds. The molecule has 0 spiro atoms. The first-order valence-corrected chi connectivity index (χ1v) is 7.89. The van der Waals surface area contributed by atoms with E-state index in [0.717, 1.165) is 26.7 Å². The summed E-state index contributed by atoms with van der Waals surface area (Å²) in [5, 5.41) is 3.92. The van der Waals surface area contributed by atoms with Crippen LogP contribution in [0.5, 0.6) is 0 Å². The fourth-order valence-corrected chi connectivity index (χ4v) is 3.18. The van der Waals surface area contributed by atoms with Gasteiger partial charge in [-0.25, -0.2) is 0 Å². The van der Waals surface area contributed by atoms with E-state index in [4.69, 9.17) is 4.42 Å². The molecule has 2 nitrogen and oxygen atoms in total. The molecule has 0 N–H and O–H groups in total. The number of hydrogen-bond donors (Lipinski definition) is 0. The van der Waals surface area contributed by atoms with E-state index in [9.17, 15) is 4.79 Å². The zero-order chi connectivity index (χ0) is 13.9. The molecule has 3 aromatic heterocycles.